The molecule has 1 aromatic heterocycles. The molecule has 2 atom stereocenters. The normalized spacial score (nSPS) is 23.2. The lowest BCUT2D eigenvalue weighted by atomic mass is 9.93. The number of piperidine rings is 1. The molecule has 0 bridgehead atoms. The summed E-state index contributed by atoms with van der Waals surface area (Å²) in [6, 6.07) is 1.99. The summed E-state index contributed by atoms with van der Waals surface area (Å²) in [6.45, 7) is 2.64. The molecule has 2 rings (SSSR count). The van der Waals surface area contributed by atoms with Crippen molar-refractivity contribution >= 4 is 17.7 Å². The van der Waals surface area contributed by atoms with Gasteiger partial charge in [0.1, 0.15) is 5.82 Å². The lowest BCUT2D eigenvalue weighted by Crippen LogP contribution is -2.46. The molecule has 1 aliphatic heterocycles. The van der Waals surface area contributed by atoms with Gasteiger partial charge in [-0.3, -0.25) is 4.79 Å². The highest BCUT2D eigenvalue weighted by Gasteiger charge is 2.29. The Balaban J connectivity index is 2.27. The SMILES string of the molecule is COc1cc(N2CC(C(N)=O)CCC2C)nc(N)n1. The van der Waals surface area contributed by atoms with Crippen molar-refractivity contribution in [2.45, 2.75) is 25.8 Å². The zero-order chi connectivity index (χ0) is 14.0. The topological polar surface area (TPSA) is 107 Å². The van der Waals surface area contributed by atoms with Gasteiger partial charge in [0.05, 0.1) is 13.0 Å². The second kappa shape index (κ2) is 5.29. The highest BCUT2D eigenvalue weighted by molar-refractivity contribution is 5.77. The number of hydrogen-bond acceptors (Lipinski definition) is 6. The number of aromatic nitrogens is 2. The largest absolute Gasteiger partial charge is 0.481 e. The smallest absolute Gasteiger partial charge is 0.225 e. The quantitative estimate of drug-likeness (QED) is 0.806. The minimum Gasteiger partial charge on any atom is -0.481 e. The highest BCUT2D eigenvalue weighted by atomic mass is 16.5. The predicted octanol–water partition coefficient (Wildman–Crippen LogP) is 0.158. The first-order valence-electron chi connectivity index (χ1n) is 6.25. The van der Waals surface area contributed by atoms with Crippen LogP contribution >= 0.6 is 0 Å². The number of ether oxygens (including phenoxy) is 1. The molecule has 0 aliphatic carbocycles. The number of carbonyl (C=O) groups excluding carboxylic acids is 1. The molecule has 0 spiro atoms. The van der Waals surface area contributed by atoms with E-state index in [2.05, 4.69) is 16.9 Å². The summed E-state index contributed by atoms with van der Waals surface area (Å²) in [5.41, 5.74) is 11.1. The lowest BCUT2D eigenvalue weighted by Gasteiger charge is -2.37. The molecular weight excluding hydrogens is 246 g/mol. The molecule has 19 heavy (non-hydrogen) atoms. The van der Waals surface area contributed by atoms with E-state index in [0.717, 1.165) is 12.8 Å². The van der Waals surface area contributed by atoms with Gasteiger partial charge in [-0.15, -0.1) is 0 Å². The zero-order valence-corrected chi connectivity index (χ0v) is 11.2. The van der Waals surface area contributed by atoms with Crippen LogP contribution in [0.4, 0.5) is 11.8 Å². The number of primary amides is 1. The van der Waals surface area contributed by atoms with E-state index in [1.165, 1.54) is 7.11 Å². The third-order valence-corrected chi connectivity index (χ3v) is 3.49. The van der Waals surface area contributed by atoms with Gasteiger partial charge in [-0.05, 0) is 19.8 Å². The molecule has 1 fully saturated rings. The molecule has 7 heteroatoms. The molecule has 1 aromatic rings. The number of rotatable bonds is 3. The minimum absolute atomic E-state index is 0.154. The summed E-state index contributed by atoms with van der Waals surface area (Å²) in [7, 11) is 1.53. The van der Waals surface area contributed by atoms with Crippen LogP contribution < -0.4 is 21.1 Å². The van der Waals surface area contributed by atoms with Gasteiger partial charge in [0.2, 0.25) is 17.7 Å². The third kappa shape index (κ3) is 2.86. The average Bonchev–Trinajstić information content (AvgIpc) is 2.38. The summed E-state index contributed by atoms with van der Waals surface area (Å²) in [5, 5.41) is 0. The molecule has 1 saturated heterocycles. The molecule has 104 valence electrons. The molecule has 1 aliphatic rings. The van der Waals surface area contributed by atoms with E-state index < -0.39 is 0 Å². The maximum atomic E-state index is 11.3. The molecule has 2 unspecified atom stereocenters. The van der Waals surface area contributed by atoms with E-state index in [1.54, 1.807) is 6.07 Å². The number of nitrogens with two attached hydrogens (primary N) is 2. The number of methoxy groups -OCH3 is 1. The van der Waals surface area contributed by atoms with Crippen LogP contribution in [0.3, 0.4) is 0 Å². The second-order valence-electron chi connectivity index (χ2n) is 4.80. The third-order valence-electron chi connectivity index (χ3n) is 3.49. The monoisotopic (exact) mass is 265 g/mol. The number of hydrogen-bond donors (Lipinski definition) is 2. The van der Waals surface area contributed by atoms with E-state index in [0.29, 0.717) is 18.2 Å². The highest BCUT2D eigenvalue weighted by Crippen LogP contribution is 2.28. The van der Waals surface area contributed by atoms with Crippen LogP contribution in [0.25, 0.3) is 0 Å². The van der Waals surface area contributed by atoms with Crippen LogP contribution in [-0.4, -0.2) is 35.6 Å². The van der Waals surface area contributed by atoms with Crippen molar-refractivity contribution in [3.8, 4) is 5.88 Å². The zero-order valence-electron chi connectivity index (χ0n) is 11.2. The van der Waals surface area contributed by atoms with Crippen molar-refractivity contribution in [2.75, 3.05) is 24.3 Å². The Hall–Kier alpha value is -2.05. The van der Waals surface area contributed by atoms with Gasteiger partial charge in [-0.1, -0.05) is 0 Å². The Morgan fingerprint density at radius 2 is 2.21 bits per heavy atom. The number of anilines is 2. The summed E-state index contributed by atoms with van der Waals surface area (Å²) >= 11 is 0. The summed E-state index contributed by atoms with van der Waals surface area (Å²) in [4.78, 5) is 21.5. The van der Waals surface area contributed by atoms with E-state index in [9.17, 15) is 4.79 Å². The summed E-state index contributed by atoms with van der Waals surface area (Å²) in [6.07, 6.45) is 1.70. The van der Waals surface area contributed by atoms with Gasteiger partial charge in [0, 0.05) is 18.7 Å². The van der Waals surface area contributed by atoms with Crippen LogP contribution in [0.2, 0.25) is 0 Å². The predicted molar refractivity (Wildman–Crippen MR) is 71.7 cm³/mol. The fourth-order valence-corrected chi connectivity index (χ4v) is 2.34. The van der Waals surface area contributed by atoms with Crippen LogP contribution in [0.1, 0.15) is 19.8 Å². The second-order valence-corrected chi connectivity index (χ2v) is 4.80. The number of carbonyl (C=O) groups is 1. The maximum absolute atomic E-state index is 11.3. The molecule has 2 heterocycles. The first-order chi connectivity index (χ1) is 9.01. The molecular formula is C12H19N5O2. The first kappa shape index (κ1) is 13.4. The van der Waals surface area contributed by atoms with Gasteiger partial charge in [-0.2, -0.15) is 9.97 Å². The van der Waals surface area contributed by atoms with Crippen LogP contribution in [0, 0.1) is 5.92 Å². The average molecular weight is 265 g/mol. The van der Waals surface area contributed by atoms with E-state index in [-0.39, 0.29) is 23.8 Å². The van der Waals surface area contributed by atoms with Crippen molar-refractivity contribution in [3.05, 3.63) is 6.07 Å². The Kier molecular flexibility index (Phi) is 3.73. The Morgan fingerprint density at radius 1 is 1.47 bits per heavy atom. The first-order valence-corrected chi connectivity index (χ1v) is 6.25. The van der Waals surface area contributed by atoms with E-state index in [1.807, 2.05) is 4.90 Å². The Bertz CT molecular complexity index is 479. The molecule has 7 nitrogen and oxygen atoms in total. The van der Waals surface area contributed by atoms with Crippen LogP contribution in [0.5, 0.6) is 5.88 Å². The molecule has 4 N–H and O–H groups in total. The Morgan fingerprint density at radius 3 is 2.84 bits per heavy atom. The standard InChI is InChI=1S/C12H19N5O2/c1-7-3-4-8(11(13)18)6-17(7)9-5-10(19-2)16-12(14)15-9/h5,7-8H,3-4,6H2,1-2H3,(H2,13,18)(H2,14,15,16). The van der Waals surface area contributed by atoms with Crippen LogP contribution in [-0.2, 0) is 4.79 Å². The fraction of sp³-hybridized carbons (Fsp3) is 0.583. The summed E-state index contributed by atoms with van der Waals surface area (Å²) in [5.74, 6) is 0.811. The van der Waals surface area contributed by atoms with Gasteiger partial charge in [-0.25, -0.2) is 0 Å². The number of nitrogens with zero attached hydrogens (tertiary/aromatic N) is 3. The van der Waals surface area contributed by atoms with Gasteiger partial charge in [0.25, 0.3) is 0 Å². The lowest BCUT2D eigenvalue weighted by molar-refractivity contribution is -0.122. The van der Waals surface area contributed by atoms with E-state index in [4.69, 9.17) is 16.2 Å². The van der Waals surface area contributed by atoms with Crippen molar-refractivity contribution in [1.29, 1.82) is 0 Å². The maximum Gasteiger partial charge on any atom is 0.225 e. The van der Waals surface area contributed by atoms with Crippen LogP contribution in [0.15, 0.2) is 6.07 Å². The van der Waals surface area contributed by atoms with Gasteiger partial charge >= 0.3 is 0 Å². The Labute approximate surface area is 111 Å². The van der Waals surface area contributed by atoms with Crippen molar-refractivity contribution < 1.29 is 9.53 Å². The number of amides is 1. The molecule has 0 radical (unpaired) electrons. The molecule has 1 amide bonds. The van der Waals surface area contributed by atoms with Crippen molar-refractivity contribution in [3.63, 3.8) is 0 Å². The fourth-order valence-electron chi connectivity index (χ4n) is 2.34. The minimum atomic E-state index is -0.272. The van der Waals surface area contributed by atoms with Gasteiger partial charge < -0.3 is 21.1 Å². The van der Waals surface area contributed by atoms with Crippen molar-refractivity contribution in [1.82, 2.24) is 9.97 Å². The van der Waals surface area contributed by atoms with E-state index >= 15 is 0 Å². The molecule has 0 saturated carbocycles. The molecule has 0 aromatic carbocycles. The van der Waals surface area contributed by atoms with Crippen molar-refractivity contribution in [2.24, 2.45) is 11.7 Å². The number of nitrogen functional groups attached to an aromatic ring is 1. The van der Waals surface area contributed by atoms with Gasteiger partial charge in [0.15, 0.2) is 0 Å². The summed E-state index contributed by atoms with van der Waals surface area (Å²) < 4.78 is 5.09.